The van der Waals surface area contributed by atoms with Gasteiger partial charge in [-0.3, -0.25) is 4.98 Å². The van der Waals surface area contributed by atoms with Gasteiger partial charge >= 0.3 is 0 Å². The first-order valence-corrected chi connectivity index (χ1v) is 6.58. The summed E-state index contributed by atoms with van der Waals surface area (Å²) in [5.41, 5.74) is 4.02. The zero-order valence-electron chi connectivity index (χ0n) is 11.3. The third-order valence-corrected chi connectivity index (χ3v) is 3.35. The van der Waals surface area contributed by atoms with Gasteiger partial charge < -0.3 is 10.3 Å². The molecule has 4 aromatic heterocycles. The summed E-state index contributed by atoms with van der Waals surface area (Å²) in [6, 6.07) is 7.73. The Morgan fingerprint density at radius 2 is 1.90 bits per heavy atom. The smallest absolute Gasteiger partial charge is 0.156 e. The van der Waals surface area contributed by atoms with Gasteiger partial charge in [-0.2, -0.15) is 0 Å². The largest absolute Gasteiger partial charge is 0.373 e. The molecule has 0 bridgehead atoms. The molecule has 0 spiro atoms. The van der Waals surface area contributed by atoms with Crippen molar-refractivity contribution in [3.8, 4) is 11.4 Å². The van der Waals surface area contributed by atoms with Crippen LogP contribution in [-0.2, 0) is 0 Å². The zero-order valence-corrected chi connectivity index (χ0v) is 11.3. The number of aromatic nitrogens is 5. The van der Waals surface area contributed by atoms with Crippen LogP contribution in [-0.4, -0.2) is 32.0 Å². The molecule has 0 fully saturated rings. The van der Waals surface area contributed by atoms with E-state index in [0.717, 1.165) is 39.3 Å². The van der Waals surface area contributed by atoms with Crippen molar-refractivity contribution < 1.29 is 0 Å². The number of nitrogens with one attached hydrogen (secondary N) is 2. The summed E-state index contributed by atoms with van der Waals surface area (Å²) in [7, 11) is 1.84. The fourth-order valence-corrected chi connectivity index (χ4v) is 2.25. The van der Waals surface area contributed by atoms with Gasteiger partial charge in [0.2, 0.25) is 0 Å². The molecule has 0 aliphatic rings. The second-order valence-corrected chi connectivity index (χ2v) is 4.68. The van der Waals surface area contributed by atoms with Crippen LogP contribution in [0.5, 0.6) is 0 Å². The van der Waals surface area contributed by atoms with Crippen molar-refractivity contribution in [2.24, 2.45) is 0 Å². The number of aromatic amines is 1. The summed E-state index contributed by atoms with van der Waals surface area (Å²) in [4.78, 5) is 20.9. The summed E-state index contributed by atoms with van der Waals surface area (Å²) in [6.07, 6.45) is 5.37. The number of hydrogen-bond donors (Lipinski definition) is 2. The number of rotatable bonds is 2. The van der Waals surface area contributed by atoms with Gasteiger partial charge in [0, 0.05) is 30.9 Å². The van der Waals surface area contributed by atoms with E-state index in [0.29, 0.717) is 0 Å². The molecule has 4 heterocycles. The van der Waals surface area contributed by atoms with Crippen LogP contribution in [0, 0.1) is 0 Å². The number of hydrogen-bond acceptors (Lipinski definition) is 5. The molecular formula is C15H12N6. The molecular weight excluding hydrogens is 264 g/mol. The minimum absolute atomic E-state index is 0.745. The number of fused-ring (bicyclic) bond motifs is 2. The highest BCUT2D eigenvalue weighted by Crippen LogP contribution is 2.21. The lowest BCUT2D eigenvalue weighted by Crippen LogP contribution is -1.94. The molecule has 2 N–H and O–H groups in total. The molecule has 102 valence electrons. The van der Waals surface area contributed by atoms with Crippen LogP contribution in [0.15, 0.2) is 42.9 Å². The topological polar surface area (TPSA) is 79.4 Å². The molecule has 0 aliphatic carbocycles. The molecule has 0 radical (unpaired) electrons. The zero-order chi connectivity index (χ0) is 14.2. The Bertz CT molecular complexity index is 943. The van der Waals surface area contributed by atoms with E-state index in [1.807, 2.05) is 37.5 Å². The maximum Gasteiger partial charge on any atom is 0.156 e. The molecule has 0 amide bonds. The molecule has 0 aliphatic heterocycles. The number of nitrogens with zero attached hydrogens (tertiary/aromatic N) is 4. The Morgan fingerprint density at radius 3 is 2.81 bits per heavy atom. The van der Waals surface area contributed by atoms with Crippen LogP contribution in [0.1, 0.15) is 0 Å². The van der Waals surface area contributed by atoms with E-state index in [2.05, 4.69) is 30.2 Å². The highest BCUT2D eigenvalue weighted by Gasteiger charge is 2.06. The fourth-order valence-electron chi connectivity index (χ4n) is 2.25. The Morgan fingerprint density at radius 1 is 0.952 bits per heavy atom. The lowest BCUT2D eigenvalue weighted by molar-refractivity contribution is 1.23. The first-order valence-electron chi connectivity index (χ1n) is 6.58. The average Bonchev–Trinajstić information content (AvgIpc) is 3.01. The van der Waals surface area contributed by atoms with Crippen molar-refractivity contribution in [1.82, 2.24) is 24.9 Å². The first kappa shape index (κ1) is 11.8. The molecule has 0 atom stereocenters. The monoisotopic (exact) mass is 276 g/mol. The van der Waals surface area contributed by atoms with Gasteiger partial charge in [0.1, 0.15) is 17.0 Å². The SMILES string of the molecule is CNc1cc2nc(-c3cnc4cc[nH]c4n3)ccc2cn1. The van der Waals surface area contributed by atoms with Gasteiger partial charge in [-0.15, -0.1) is 0 Å². The van der Waals surface area contributed by atoms with Crippen LogP contribution in [0.25, 0.3) is 33.5 Å². The maximum absolute atomic E-state index is 4.65. The highest BCUT2D eigenvalue weighted by atomic mass is 15.0. The predicted molar refractivity (Wildman–Crippen MR) is 82.0 cm³/mol. The first-order chi connectivity index (χ1) is 10.3. The van der Waals surface area contributed by atoms with E-state index < -0.39 is 0 Å². The van der Waals surface area contributed by atoms with Crippen LogP contribution < -0.4 is 5.32 Å². The van der Waals surface area contributed by atoms with Gasteiger partial charge in [0.25, 0.3) is 0 Å². The van der Waals surface area contributed by atoms with Crippen LogP contribution >= 0.6 is 0 Å². The Labute approximate surface area is 120 Å². The third kappa shape index (κ3) is 1.97. The van der Waals surface area contributed by atoms with E-state index in [1.165, 1.54) is 0 Å². The lowest BCUT2D eigenvalue weighted by atomic mass is 10.2. The number of anilines is 1. The van der Waals surface area contributed by atoms with Crippen molar-refractivity contribution in [2.45, 2.75) is 0 Å². The lowest BCUT2D eigenvalue weighted by Gasteiger charge is -2.04. The normalized spacial score (nSPS) is 11.1. The number of pyridine rings is 2. The average molecular weight is 276 g/mol. The fraction of sp³-hybridized carbons (Fsp3) is 0.0667. The minimum atomic E-state index is 0.745. The molecule has 0 saturated carbocycles. The van der Waals surface area contributed by atoms with Gasteiger partial charge in [0.15, 0.2) is 5.65 Å². The summed E-state index contributed by atoms with van der Waals surface area (Å²) in [5.74, 6) is 0.790. The molecule has 4 rings (SSSR count). The molecule has 0 aromatic carbocycles. The van der Waals surface area contributed by atoms with Crippen molar-refractivity contribution in [3.63, 3.8) is 0 Å². The molecule has 6 nitrogen and oxygen atoms in total. The Balaban J connectivity index is 1.88. The van der Waals surface area contributed by atoms with E-state index in [-0.39, 0.29) is 0 Å². The molecule has 0 saturated heterocycles. The van der Waals surface area contributed by atoms with Crippen molar-refractivity contribution in [1.29, 1.82) is 0 Å². The van der Waals surface area contributed by atoms with E-state index in [9.17, 15) is 0 Å². The van der Waals surface area contributed by atoms with E-state index in [1.54, 1.807) is 12.4 Å². The van der Waals surface area contributed by atoms with Gasteiger partial charge in [-0.25, -0.2) is 15.0 Å². The Hall–Kier alpha value is -3.02. The molecule has 4 aromatic rings. The summed E-state index contributed by atoms with van der Waals surface area (Å²) in [5, 5.41) is 4.01. The van der Waals surface area contributed by atoms with E-state index >= 15 is 0 Å². The summed E-state index contributed by atoms with van der Waals surface area (Å²) >= 11 is 0. The molecule has 21 heavy (non-hydrogen) atoms. The third-order valence-electron chi connectivity index (χ3n) is 3.35. The van der Waals surface area contributed by atoms with E-state index in [4.69, 9.17) is 0 Å². The number of H-pyrrole nitrogens is 1. The van der Waals surface area contributed by atoms with Crippen molar-refractivity contribution in [3.05, 3.63) is 42.9 Å². The maximum atomic E-state index is 4.65. The summed E-state index contributed by atoms with van der Waals surface area (Å²) in [6.45, 7) is 0. The van der Waals surface area contributed by atoms with Crippen molar-refractivity contribution >= 4 is 27.9 Å². The quantitative estimate of drug-likeness (QED) is 0.588. The minimum Gasteiger partial charge on any atom is -0.373 e. The van der Waals surface area contributed by atoms with Crippen LogP contribution in [0.3, 0.4) is 0 Å². The van der Waals surface area contributed by atoms with Crippen LogP contribution in [0.4, 0.5) is 5.82 Å². The predicted octanol–water partition coefficient (Wildman–Crippen LogP) is 2.61. The van der Waals surface area contributed by atoms with Gasteiger partial charge in [0.05, 0.1) is 17.4 Å². The van der Waals surface area contributed by atoms with Crippen LogP contribution in [0.2, 0.25) is 0 Å². The highest BCUT2D eigenvalue weighted by molar-refractivity contribution is 5.83. The van der Waals surface area contributed by atoms with Gasteiger partial charge in [-0.1, -0.05) is 0 Å². The molecule has 0 unspecified atom stereocenters. The standard InChI is InChI=1S/C15H12N6/c1-16-14-6-12-9(7-19-14)2-3-10(20-12)13-8-18-11-4-5-17-15(11)21-13/h2-8H,1H3,(H,16,19)(H,17,21). The Kier molecular flexibility index (Phi) is 2.53. The molecule has 6 heteroatoms. The summed E-state index contributed by atoms with van der Waals surface area (Å²) < 4.78 is 0. The van der Waals surface area contributed by atoms with Gasteiger partial charge in [-0.05, 0) is 18.2 Å². The second kappa shape index (κ2) is 4.52. The second-order valence-electron chi connectivity index (χ2n) is 4.68. The van der Waals surface area contributed by atoms with Crippen molar-refractivity contribution in [2.75, 3.05) is 12.4 Å².